The zero-order valence-corrected chi connectivity index (χ0v) is 17.0. The maximum Gasteiger partial charge on any atom is 0.136 e. The van der Waals surface area contributed by atoms with Crippen LogP contribution in [0.15, 0.2) is 42.7 Å². The van der Waals surface area contributed by atoms with Gasteiger partial charge in [0.05, 0.1) is 0 Å². The fourth-order valence-electron chi connectivity index (χ4n) is 4.78. The molecule has 0 aliphatic carbocycles. The minimum Gasteiger partial charge on any atom is -0.396 e. The van der Waals surface area contributed by atoms with Crippen LogP contribution >= 0.6 is 0 Å². The lowest BCUT2D eigenvalue weighted by atomic mass is 9.98. The molecule has 152 valence electrons. The van der Waals surface area contributed by atoms with Gasteiger partial charge in [0.2, 0.25) is 0 Å². The van der Waals surface area contributed by atoms with Crippen LogP contribution in [-0.4, -0.2) is 87.8 Å². The first-order valence-electron chi connectivity index (χ1n) is 10.6. The van der Waals surface area contributed by atoms with Crippen molar-refractivity contribution in [2.45, 2.75) is 37.9 Å². The molecule has 6 nitrogen and oxygen atoms in total. The van der Waals surface area contributed by atoms with Crippen LogP contribution in [0.4, 0.5) is 0 Å². The maximum absolute atomic E-state index is 9.65. The average Bonchev–Trinajstić information content (AvgIpc) is 3.18. The number of aliphatic hydroxyl groups excluding tert-OH is 1. The molecule has 2 fully saturated rings. The van der Waals surface area contributed by atoms with Crippen molar-refractivity contribution >= 4 is 0 Å². The first kappa shape index (κ1) is 19.6. The molecule has 0 aromatic carbocycles. The van der Waals surface area contributed by atoms with Gasteiger partial charge in [-0.25, -0.2) is 4.98 Å². The Morgan fingerprint density at radius 1 is 1.07 bits per heavy atom. The molecule has 0 saturated carbocycles. The Kier molecular flexibility index (Phi) is 6.42. The second-order valence-electron chi connectivity index (χ2n) is 8.23. The molecule has 0 amide bonds. The molecule has 6 heteroatoms. The van der Waals surface area contributed by atoms with Crippen LogP contribution in [0.1, 0.15) is 25.0 Å². The highest BCUT2D eigenvalue weighted by Crippen LogP contribution is 2.24. The van der Waals surface area contributed by atoms with Crippen LogP contribution in [0.25, 0.3) is 5.82 Å². The van der Waals surface area contributed by atoms with E-state index in [4.69, 9.17) is 0 Å². The third-order valence-electron chi connectivity index (χ3n) is 6.35. The molecule has 2 aromatic heterocycles. The van der Waals surface area contributed by atoms with Gasteiger partial charge in [0.15, 0.2) is 0 Å². The van der Waals surface area contributed by atoms with Crippen molar-refractivity contribution in [3.05, 3.63) is 48.4 Å². The standard InChI is InChI=1S/C22H33N5O/c1-24-12-7-19(8-13-24)26-15-14-25(18-21(26)9-16-28)17-20-5-4-11-27(20)22-6-2-3-10-23-22/h2-6,10-11,19,21,28H,7-9,12-18H2,1H3/t21-/m0/s1. The molecule has 0 radical (unpaired) electrons. The van der Waals surface area contributed by atoms with Crippen molar-refractivity contribution in [2.24, 2.45) is 0 Å². The summed E-state index contributed by atoms with van der Waals surface area (Å²) in [5, 5.41) is 9.65. The van der Waals surface area contributed by atoms with Crippen LogP contribution in [0, 0.1) is 0 Å². The smallest absolute Gasteiger partial charge is 0.136 e. The summed E-state index contributed by atoms with van der Waals surface area (Å²) in [5.41, 5.74) is 1.27. The number of piperazine rings is 1. The molecule has 1 N–H and O–H groups in total. The van der Waals surface area contributed by atoms with Gasteiger partial charge in [-0.05, 0) is 63.7 Å². The minimum absolute atomic E-state index is 0.270. The number of aliphatic hydroxyl groups is 1. The Balaban J connectivity index is 1.42. The molecule has 2 aliphatic rings. The van der Waals surface area contributed by atoms with E-state index in [9.17, 15) is 5.11 Å². The topological polar surface area (TPSA) is 47.8 Å². The minimum atomic E-state index is 0.270. The molecular weight excluding hydrogens is 350 g/mol. The van der Waals surface area contributed by atoms with E-state index >= 15 is 0 Å². The number of nitrogens with zero attached hydrogens (tertiary/aromatic N) is 5. The predicted molar refractivity (Wildman–Crippen MR) is 112 cm³/mol. The summed E-state index contributed by atoms with van der Waals surface area (Å²) < 4.78 is 2.18. The van der Waals surface area contributed by atoms with Crippen LogP contribution in [0.3, 0.4) is 0 Å². The summed E-state index contributed by atoms with van der Waals surface area (Å²) >= 11 is 0. The molecule has 1 atom stereocenters. The van der Waals surface area contributed by atoms with Crippen LogP contribution in [0.2, 0.25) is 0 Å². The molecule has 2 aromatic rings. The van der Waals surface area contributed by atoms with E-state index in [1.807, 2.05) is 18.3 Å². The fourth-order valence-corrected chi connectivity index (χ4v) is 4.78. The fraction of sp³-hybridized carbons (Fsp3) is 0.591. The Bertz CT molecular complexity index is 726. The van der Waals surface area contributed by atoms with Gasteiger partial charge in [-0.15, -0.1) is 0 Å². The van der Waals surface area contributed by atoms with E-state index < -0.39 is 0 Å². The molecule has 28 heavy (non-hydrogen) atoms. The number of piperidine rings is 1. The average molecular weight is 384 g/mol. The Hall–Kier alpha value is -1.73. The zero-order valence-electron chi connectivity index (χ0n) is 17.0. The van der Waals surface area contributed by atoms with E-state index in [0.717, 1.165) is 38.4 Å². The lowest BCUT2D eigenvalue weighted by molar-refractivity contribution is 0.00552. The molecule has 0 unspecified atom stereocenters. The second-order valence-corrected chi connectivity index (χ2v) is 8.23. The largest absolute Gasteiger partial charge is 0.396 e. The van der Waals surface area contributed by atoms with Gasteiger partial charge in [-0.2, -0.15) is 0 Å². The van der Waals surface area contributed by atoms with E-state index in [1.165, 1.54) is 31.6 Å². The van der Waals surface area contributed by atoms with Crippen molar-refractivity contribution in [2.75, 3.05) is 46.4 Å². The van der Waals surface area contributed by atoms with Crippen LogP contribution in [0.5, 0.6) is 0 Å². The van der Waals surface area contributed by atoms with Gasteiger partial charge in [0.25, 0.3) is 0 Å². The van der Waals surface area contributed by atoms with E-state index in [2.05, 4.69) is 55.7 Å². The molecular formula is C22H33N5O. The molecule has 4 rings (SSSR count). The summed E-state index contributed by atoms with van der Waals surface area (Å²) in [7, 11) is 2.22. The molecule has 2 saturated heterocycles. The number of rotatable bonds is 6. The first-order chi connectivity index (χ1) is 13.7. The number of hydrogen-bond donors (Lipinski definition) is 1. The lowest BCUT2D eigenvalue weighted by Crippen LogP contribution is -2.58. The zero-order chi connectivity index (χ0) is 19.3. The molecule has 4 heterocycles. The van der Waals surface area contributed by atoms with E-state index in [1.54, 1.807) is 0 Å². The highest BCUT2D eigenvalue weighted by atomic mass is 16.3. The first-order valence-corrected chi connectivity index (χ1v) is 10.6. The van der Waals surface area contributed by atoms with Crippen molar-refractivity contribution < 1.29 is 5.11 Å². The number of hydrogen-bond acceptors (Lipinski definition) is 5. The van der Waals surface area contributed by atoms with Crippen molar-refractivity contribution in [1.82, 2.24) is 24.3 Å². The third-order valence-corrected chi connectivity index (χ3v) is 6.35. The number of aromatic nitrogens is 2. The lowest BCUT2D eigenvalue weighted by Gasteiger charge is -2.47. The number of likely N-dealkylation sites (tertiary alicyclic amines) is 1. The SMILES string of the molecule is CN1CCC(N2CCN(Cc3cccn3-c3ccccn3)C[C@@H]2CCO)CC1. The molecule has 0 bridgehead atoms. The van der Waals surface area contributed by atoms with Gasteiger partial charge in [0, 0.05) is 63.0 Å². The highest BCUT2D eigenvalue weighted by molar-refractivity contribution is 5.27. The highest BCUT2D eigenvalue weighted by Gasteiger charge is 2.33. The Morgan fingerprint density at radius 2 is 1.93 bits per heavy atom. The van der Waals surface area contributed by atoms with E-state index in [0.29, 0.717) is 12.1 Å². The van der Waals surface area contributed by atoms with Crippen molar-refractivity contribution in [1.29, 1.82) is 0 Å². The summed E-state index contributed by atoms with van der Waals surface area (Å²) in [6.07, 6.45) is 7.31. The Morgan fingerprint density at radius 3 is 2.68 bits per heavy atom. The summed E-state index contributed by atoms with van der Waals surface area (Å²) in [6.45, 7) is 6.78. The van der Waals surface area contributed by atoms with Gasteiger partial charge in [-0.1, -0.05) is 6.07 Å². The normalized spacial score (nSPS) is 23.3. The molecule has 2 aliphatic heterocycles. The number of pyridine rings is 1. The van der Waals surface area contributed by atoms with Gasteiger partial charge in [-0.3, -0.25) is 9.80 Å². The van der Waals surface area contributed by atoms with E-state index in [-0.39, 0.29) is 6.61 Å². The molecule has 0 spiro atoms. The summed E-state index contributed by atoms with van der Waals surface area (Å²) in [4.78, 5) is 12.2. The van der Waals surface area contributed by atoms with Crippen molar-refractivity contribution in [3.8, 4) is 5.82 Å². The Labute approximate surface area is 168 Å². The second kappa shape index (κ2) is 9.18. The monoisotopic (exact) mass is 383 g/mol. The maximum atomic E-state index is 9.65. The quantitative estimate of drug-likeness (QED) is 0.825. The predicted octanol–water partition coefficient (Wildman–Crippen LogP) is 1.84. The third kappa shape index (κ3) is 4.46. The summed E-state index contributed by atoms with van der Waals surface area (Å²) in [6, 6.07) is 11.5. The summed E-state index contributed by atoms with van der Waals surface area (Å²) in [5.74, 6) is 0.972. The van der Waals surface area contributed by atoms with Gasteiger partial charge in [0.1, 0.15) is 5.82 Å². The van der Waals surface area contributed by atoms with Crippen LogP contribution in [-0.2, 0) is 6.54 Å². The van der Waals surface area contributed by atoms with Gasteiger partial charge >= 0.3 is 0 Å². The van der Waals surface area contributed by atoms with Crippen LogP contribution < -0.4 is 0 Å². The van der Waals surface area contributed by atoms with Crippen molar-refractivity contribution in [3.63, 3.8) is 0 Å². The van der Waals surface area contributed by atoms with Gasteiger partial charge < -0.3 is 14.6 Å².